The number of aromatic nitrogens is 1. The first-order chi connectivity index (χ1) is 9.84. The van der Waals surface area contributed by atoms with Crippen molar-refractivity contribution in [2.75, 3.05) is 53.0 Å². The third-order valence-electron chi connectivity index (χ3n) is 3.35. The van der Waals surface area contributed by atoms with E-state index in [1.54, 1.807) is 6.26 Å². The fourth-order valence-corrected chi connectivity index (χ4v) is 2.11. The van der Waals surface area contributed by atoms with Crippen LogP contribution in [-0.4, -0.2) is 67.9 Å². The summed E-state index contributed by atoms with van der Waals surface area (Å²) in [6.07, 6.45) is 3.55. The summed E-state index contributed by atoms with van der Waals surface area (Å²) in [5.41, 5.74) is 0.967. The fraction of sp³-hybridized carbons (Fsp3) is 0.800. The summed E-state index contributed by atoms with van der Waals surface area (Å²) >= 11 is 0. The summed E-state index contributed by atoms with van der Waals surface area (Å²) in [6, 6.07) is 1.88. The Hall–Kier alpha value is -0.910. The summed E-state index contributed by atoms with van der Waals surface area (Å²) < 4.78 is 10.4. The van der Waals surface area contributed by atoms with Crippen molar-refractivity contribution in [2.24, 2.45) is 0 Å². The van der Waals surface area contributed by atoms with E-state index < -0.39 is 0 Å². The highest BCUT2D eigenvalue weighted by molar-refractivity contribution is 4.94. The minimum absolute atomic E-state index is 0.731. The van der Waals surface area contributed by atoms with Gasteiger partial charge in [0.15, 0.2) is 0 Å². The maximum Gasteiger partial charge on any atom is 0.124 e. The molecule has 0 unspecified atom stereocenters. The normalized spacial score (nSPS) is 16.8. The molecule has 0 spiro atoms. The van der Waals surface area contributed by atoms with Crippen LogP contribution in [0.3, 0.4) is 0 Å². The van der Waals surface area contributed by atoms with Gasteiger partial charge in [-0.25, -0.2) is 0 Å². The average Bonchev–Trinajstić information content (AvgIpc) is 3.00. The molecule has 0 aromatic carbocycles. The van der Waals surface area contributed by atoms with Gasteiger partial charge in [0.1, 0.15) is 6.26 Å². The smallest absolute Gasteiger partial charge is 0.124 e. The summed E-state index contributed by atoms with van der Waals surface area (Å²) in [7, 11) is 2.18. The summed E-state index contributed by atoms with van der Waals surface area (Å²) in [4.78, 5) is 4.89. The third-order valence-corrected chi connectivity index (χ3v) is 3.35. The molecule has 1 aromatic rings. The standard InChI is InChI=1S/C13H23N3O2.C2H6/c1-15-6-8-16(9-7-15)5-2-10-17-11-3-13-4-12-18-14-13;1-2/h4,12H,2-3,5-11H2,1H3;1-2H3. The molecule has 0 atom stereocenters. The van der Waals surface area contributed by atoms with Gasteiger partial charge in [0, 0.05) is 51.8 Å². The van der Waals surface area contributed by atoms with E-state index in [2.05, 4.69) is 22.0 Å². The number of piperazine rings is 1. The van der Waals surface area contributed by atoms with Crippen molar-refractivity contribution in [3.63, 3.8) is 0 Å². The van der Waals surface area contributed by atoms with E-state index in [9.17, 15) is 0 Å². The molecular formula is C15H29N3O2. The van der Waals surface area contributed by atoms with Crippen LogP contribution in [0.5, 0.6) is 0 Å². The molecule has 1 aliphatic rings. The number of likely N-dealkylation sites (N-methyl/N-ethyl adjacent to an activating group) is 1. The van der Waals surface area contributed by atoms with Crippen molar-refractivity contribution >= 4 is 0 Å². The highest BCUT2D eigenvalue weighted by Gasteiger charge is 2.12. The van der Waals surface area contributed by atoms with Crippen LogP contribution < -0.4 is 0 Å². The Morgan fingerprint density at radius 3 is 2.60 bits per heavy atom. The van der Waals surface area contributed by atoms with Crippen molar-refractivity contribution < 1.29 is 9.26 Å². The largest absolute Gasteiger partial charge is 0.381 e. The molecule has 1 aliphatic heterocycles. The molecule has 5 heteroatoms. The van der Waals surface area contributed by atoms with E-state index in [0.717, 1.165) is 38.3 Å². The van der Waals surface area contributed by atoms with Crippen LogP contribution in [0.25, 0.3) is 0 Å². The van der Waals surface area contributed by atoms with Gasteiger partial charge < -0.3 is 19.1 Å². The zero-order valence-corrected chi connectivity index (χ0v) is 13.2. The summed E-state index contributed by atoms with van der Waals surface area (Å²) in [5.74, 6) is 0. The third kappa shape index (κ3) is 7.03. The van der Waals surface area contributed by atoms with E-state index in [-0.39, 0.29) is 0 Å². The van der Waals surface area contributed by atoms with Crippen LogP contribution in [0.4, 0.5) is 0 Å². The molecule has 1 aromatic heterocycles. The van der Waals surface area contributed by atoms with Gasteiger partial charge >= 0.3 is 0 Å². The van der Waals surface area contributed by atoms with Crippen LogP contribution in [-0.2, 0) is 11.2 Å². The molecule has 0 saturated carbocycles. The lowest BCUT2D eigenvalue weighted by Crippen LogP contribution is -2.44. The van der Waals surface area contributed by atoms with Crippen molar-refractivity contribution in [1.29, 1.82) is 0 Å². The lowest BCUT2D eigenvalue weighted by Gasteiger charge is -2.32. The average molecular weight is 283 g/mol. The molecule has 2 rings (SSSR count). The van der Waals surface area contributed by atoms with Gasteiger partial charge in [0.05, 0.1) is 12.3 Å². The van der Waals surface area contributed by atoms with Crippen molar-refractivity contribution in [1.82, 2.24) is 15.0 Å². The molecule has 0 N–H and O–H groups in total. The van der Waals surface area contributed by atoms with Crippen LogP contribution >= 0.6 is 0 Å². The van der Waals surface area contributed by atoms with E-state index >= 15 is 0 Å². The van der Waals surface area contributed by atoms with Gasteiger partial charge in [-0.15, -0.1) is 0 Å². The lowest BCUT2D eigenvalue weighted by molar-refractivity contribution is 0.107. The number of nitrogens with zero attached hydrogens (tertiary/aromatic N) is 3. The summed E-state index contributed by atoms with van der Waals surface area (Å²) in [5, 5.41) is 3.85. The Morgan fingerprint density at radius 1 is 1.20 bits per heavy atom. The quantitative estimate of drug-likeness (QED) is 0.715. The molecule has 0 bridgehead atoms. The Labute approximate surface area is 122 Å². The van der Waals surface area contributed by atoms with Crippen molar-refractivity contribution in [3.8, 4) is 0 Å². The molecule has 2 heterocycles. The molecular weight excluding hydrogens is 254 g/mol. The predicted molar refractivity (Wildman–Crippen MR) is 80.9 cm³/mol. The Bertz CT molecular complexity index is 309. The minimum Gasteiger partial charge on any atom is -0.381 e. The highest BCUT2D eigenvalue weighted by atomic mass is 16.5. The topological polar surface area (TPSA) is 41.7 Å². The molecule has 0 radical (unpaired) electrons. The van der Waals surface area contributed by atoms with Gasteiger partial charge in [-0.1, -0.05) is 19.0 Å². The zero-order valence-electron chi connectivity index (χ0n) is 13.2. The van der Waals surface area contributed by atoms with Crippen LogP contribution in [0.2, 0.25) is 0 Å². The van der Waals surface area contributed by atoms with Crippen molar-refractivity contribution in [2.45, 2.75) is 26.7 Å². The second kappa shape index (κ2) is 10.8. The Kier molecular flexibility index (Phi) is 9.28. The van der Waals surface area contributed by atoms with Crippen LogP contribution in [0, 0.1) is 0 Å². The van der Waals surface area contributed by atoms with Gasteiger partial charge in [0.25, 0.3) is 0 Å². The molecule has 0 amide bonds. The molecule has 20 heavy (non-hydrogen) atoms. The van der Waals surface area contributed by atoms with Crippen LogP contribution in [0.1, 0.15) is 26.0 Å². The van der Waals surface area contributed by atoms with Gasteiger partial charge in [0.2, 0.25) is 0 Å². The number of ether oxygens (including phenoxy) is 1. The number of hydrogen-bond acceptors (Lipinski definition) is 5. The van der Waals surface area contributed by atoms with E-state index in [1.807, 2.05) is 19.9 Å². The van der Waals surface area contributed by atoms with Gasteiger partial charge in [-0.2, -0.15) is 0 Å². The van der Waals surface area contributed by atoms with Crippen molar-refractivity contribution in [3.05, 3.63) is 18.0 Å². The van der Waals surface area contributed by atoms with Gasteiger partial charge in [-0.05, 0) is 13.5 Å². The SMILES string of the molecule is CC.CN1CCN(CCCOCCc2ccon2)CC1. The highest BCUT2D eigenvalue weighted by Crippen LogP contribution is 2.01. The zero-order chi connectivity index (χ0) is 14.6. The predicted octanol–water partition coefficient (Wildman–Crippen LogP) is 1.90. The minimum atomic E-state index is 0.731. The molecule has 1 saturated heterocycles. The first-order valence-electron chi connectivity index (χ1n) is 7.72. The molecule has 1 fully saturated rings. The number of hydrogen-bond donors (Lipinski definition) is 0. The van der Waals surface area contributed by atoms with Crippen LogP contribution in [0.15, 0.2) is 16.9 Å². The first kappa shape index (κ1) is 17.1. The fourth-order valence-electron chi connectivity index (χ4n) is 2.11. The maximum atomic E-state index is 5.60. The van der Waals surface area contributed by atoms with Gasteiger partial charge in [-0.3, -0.25) is 0 Å². The second-order valence-corrected chi connectivity index (χ2v) is 4.85. The maximum absolute atomic E-state index is 5.60. The first-order valence-corrected chi connectivity index (χ1v) is 7.72. The molecule has 0 aliphatic carbocycles. The molecule has 116 valence electrons. The lowest BCUT2D eigenvalue weighted by atomic mass is 10.3. The second-order valence-electron chi connectivity index (χ2n) is 4.85. The van der Waals surface area contributed by atoms with E-state index in [1.165, 1.54) is 26.2 Å². The van der Waals surface area contributed by atoms with E-state index in [4.69, 9.17) is 9.26 Å². The Morgan fingerprint density at radius 2 is 1.95 bits per heavy atom. The summed E-state index contributed by atoms with van der Waals surface area (Å²) in [6.45, 7) is 11.5. The monoisotopic (exact) mass is 283 g/mol. The van der Waals surface area contributed by atoms with E-state index in [0.29, 0.717) is 0 Å². The molecule has 5 nitrogen and oxygen atoms in total. The number of rotatable bonds is 7. The Balaban J connectivity index is 0.000000956.